The molecule has 3 fully saturated rings. The zero-order valence-electron chi connectivity index (χ0n) is 35.2. The minimum absolute atomic E-state index is 0.0498. The zero-order chi connectivity index (χ0) is 43.7. The first kappa shape index (κ1) is 43.0. The van der Waals surface area contributed by atoms with Gasteiger partial charge in [-0.05, 0) is 108 Å². The number of benzene rings is 5. The van der Waals surface area contributed by atoms with Gasteiger partial charge < -0.3 is 44.9 Å². The Morgan fingerprint density at radius 2 is 1.62 bits per heavy atom. The van der Waals surface area contributed by atoms with Gasteiger partial charge in [0.1, 0.15) is 30.8 Å². The first-order valence-corrected chi connectivity index (χ1v) is 21.4. The zero-order valence-corrected chi connectivity index (χ0v) is 35.2. The number of ether oxygens (including phenoxy) is 3. The quantitative estimate of drug-likeness (QED) is 0.0611. The van der Waals surface area contributed by atoms with E-state index in [0.717, 1.165) is 60.4 Å². The van der Waals surface area contributed by atoms with Gasteiger partial charge in [0.05, 0.1) is 29.8 Å². The third kappa shape index (κ3) is 10.9. The maximum atomic E-state index is 13.2. The molecule has 1 unspecified atom stereocenters. The van der Waals surface area contributed by atoms with Crippen molar-refractivity contribution in [1.82, 2.24) is 20.5 Å². The molecule has 9 rings (SSSR count). The smallest absolute Gasteiger partial charge is 0.408 e. The number of aromatic hydroxyl groups is 1. The summed E-state index contributed by atoms with van der Waals surface area (Å²) in [6.07, 6.45) is 0.768. The number of nitrogens with zero attached hydrogens (tertiary/aromatic N) is 2. The van der Waals surface area contributed by atoms with E-state index >= 15 is 0 Å². The molecule has 1 amide bonds. The fourth-order valence-electron chi connectivity index (χ4n) is 8.39. The Hall–Kier alpha value is -6.67. The van der Waals surface area contributed by atoms with Gasteiger partial charge in [-0.15, -0.1) is 0 Å². The Morgan fingerprint density at radius 3 is 2.37 bits per heavy atom. The van der Waals surface area contributed by atoms with Crippen molar-refractivity contribution in [2.45, 2.75) is 44.2 Å². The molecule has 0 aliphatic carbocycles. The minimum atomic E-state index is -0.851. The molecule has 1 aromatic heterocycles. The van der Waals surface area contributed by atoms with Gasteiger partial charge >= 0.3 is 12.1 Å². The molecule has 326 valence electrons. The normalized spacial score (nSPS) is 17.7. The Morgan fingerprint density at radius 1 is 0.873 bits per heavy atom. The first-order chi connectivity index (χ1) is 30.7. The van der Waals surface area contributed by atoms with E-state index < -0.39 is 24.2 Å². The van der Waals surface area contributed by atoms with Gasteiger partial charge in [-0.3, -0.25) is 9.69 Å². The number of pyridine rings is 1. The molecule has 6 aromatic rings. The summed E-state index contributed by atoms with van der Waals surface area (Å²) in [7, 11) is 1.93. The molecule has 3 aliphatic rings. The second-order valence-electron chi connectivity index (χ2n) is 16.3. The highest BCUT2D eigenvalue weighted by Gasteiger charge is 2.37. The number of carbonyl (C=O) groups excluding carboxylic acids is 2. The summed E-state index contributed by atoms with van der Waals surface area (Å²) in [5.74, 6) is 0.607. The van der Waals surface area contributed by atoms with E-state index in [1.54, 1.807) is 24.3 Å². The molecule has 63 heavy (non-hydrogen) atoms. The summed E-state index contributed by atoms with van der Waals surface area (Å²) in [4.78, 5) is 44.9. The number of anilines is 1. The van der Waals surface area contributed by atoms with Crippen molar-refractivity contribution in [3.8, 4) is 11.5 Å². The van der Waals surface area contributed by atoms with Crippen LogP contribution in [0.25, 0.3) is 10.9 Å². The summed E-state index contributed by atoms with van der Waals surface area (Å²) in [5.41, 5.74) is 5.70. The molecule has 3 atom stereocenters. The summed E-state index contributed by atoms with van der Waals surface area (Å²) in [6.45, 7) is 4.72. The highest BCUT2D eigenvalue weighted by molar-refractivity contribution is 5.89. The number of phenolic OH excluding ortho intramolecular Hbond substituents is 1. The lowest BCUT2D eigenvalue weighted by atomic mass is 9.86. The van der Waals surface area contributed by atoms with Crippen molar-refractivity contribution in [1.29, 1.82) is 0 Å². The van der Waals surface area contributed by atoms with Crippen molar-refractivity contribution >= 4 is 28.7 Å². The molecule has 0 saturated carbocycles. The van der Waals surface area contributed by atoms with Crippen LogP contribution in [0.15, 0.2) is 132 Å². The van der Waals surface area contributed by atoms with Gasteiger partial charge in [-0.25, -0.2) is 9.59 Å². The topological polar surface area (TPSA) is 166 Å². The Bertz CT molecular complexity index is 2540. The van der Waals surface area contributed by atoms with E-state index in [4.69, 9.17) is 14.2 Å². The number of aromatic nitrogens is 1. The predicted octanol–water partition coefficient (Wildman–Crippen LogP) is 6.84. The number of amides is 1. The second-order valence-corrected chi connectivity index (χ2v) is 16.3. The Kier molecular flexibility index (Phi) is 13.7. The maximum Gasteiger partial charge on any atom is 0.408 e. The number of nitrogens with one attached hydrogen (secondary N) is 3. The van der Waals surface area contributed by atoms with E-state index in [0.29, 0.717) is 46.8 Å². The lowest BCUT2D eigenvalue weighted by molar-refractivity contribution is -0.0336. The van der Waals surface area contributed by atoms with Crippen LogP contribution in [0.2, 0.25) is 0 Å². The summed E-state index contributed by atoms with van der Waals surface area (Å²) >= 11 is 0. The number of aromatic amines is 1. The molecule has 2 bridgehead atoms. The molecule has 5 aromatic carbocycles. The number of fused-ring (bicyclic) bond motifs is 4. The number of aliphatic hydroxyl groups is 1. The SMILES string of the molecule is CN(CCOC(=O)c1ccc(COc2cccc(C(NC(=O)O[C@H]3CN4CCC3CC4)c3ccccc3)c2)cc1)c1ccc(CNC[C@H](O)c2ccc(O)c3[nH]c(=O)ccc23)cc1. The third-order valence-electron chi connectivity index (χ3n) is 12.0. The number of aliphatic hydroxyl groups excluding tert-OH is 1. The summed E-state index contributed by atoms with van der Waals surface area (Å²) in [6, 6.07) is 38.3. The van der Waals surface area contributed by atoms with Gasteiger partial charge in [0.15, 0.2) is 0 Å². The number of likely N-dealkylation sites (N-methyl/N-ethyl adjacent to an activating group) is 1. The van der Waals surface area contributed by atoms with Crippen LogP contribution in [0.3, 0.4) is 0 Å². The van der Waals surface area contributed by atoms with Gasteiger partial charge in [-0.1, -0.05) is 72.8 Å². The number of phenols is 1. The van der Waals surface area contributed by atoms with Crippen molar-refractivity contribution in [3.63, 3.8) is 0 Å². The van der Waals surface area contributed by atoms with Gasteiger partial charge in [0.2, 0.25) is 5.56 Å². The third-order valence-corrected chi connectivity index (χ3v) is 12.0. The van der Waals surface area contributed by atoms with Crippen LogP contribution >= 0.6 is 0 Å². The van der Waals surface area contributed by atoms with Gasteiger partial charge in [0, 0.05) is 43.8 Å². The molecule has 0 spiro atoms. The summed E-state index contributed by atoms with van der Waals surface area (Å²) < 4.78 is 17.8. The minimum Gasteiger partial charge on any atom is -0.506 e. The van der Waals surface area contributed by atoms with Gasteiger partial charge in [0.25, 0.3) is 0 Å². The number of carbonyl (C=O) groups is 2. The number of hydrogen-bond donors (Lipinski definition) is 5. The molecule has 3 saturated heterocycles. The monoisotopic (exact) mass is 851 g/mol. The summed E-state index contributed by atoms with van der Waals surface area (Å²) in [5, 5.41) is 28.0. The van der Waals surface area contributed by atoms with Crippen molar-refractivity contribution in [2.24, 2.45) is 5.92 Å². The number of alkyl carbamates (subject to hydrolysis) is 1. The van der Waals surface area contributed by atoms with Crippen LogP contribution in [0.4, 0.5) is 10.5 Å². The molecular weight excluding hydrogens is 799 g/mol. The maximum absolute atomic E-state index is 13.2. The highest BCUT2D eigenvalue weighted by atomic mass is 16.6. The van der Waals surface area contributed by atoms with E-state index in [1.165, 1.54) is 12.1 Å². The Balaban J connectivity index is 0.775. The molecular formula is C50H53N5O8. The molecule has 5 N–H and O–H groups in total. The number of piperidine rings is 3. The van der Waals surface area contributed by atoms with Crippen molar-refractivity contribution < 1.29 is 34.0 Å². The van der Waals surface area contributed by atoms with Crippen LogP contribution in [-0.2, 0) is 22.6 Å². The van der Waals surface area contributed by atoms with Crippen LogP contribution in [0, 0.1) is 5.92 Å². The fraction of sp³-hybridized carbons (Fsp3) is 0.300. The number of H-pyrrole nitrogens is 1. The largest absolute Gasteiger partial charge is 0.506 e. The molecule has 13 heteroatoms. The average molecular weight is 852 g/mol. The molecule has 0 radical (unpaired) electrons. The van der Waals surface area contributed by atoms with Crippen LogP contribution < -0.4 is 25.8 Å². The van der Waals surface area contributed by atoms with E-state index in [2.05, 4.69) is 20.5 Å². The molecule has 4 heterocycles. The van der Waals surface area contributed by atoms with Crippen molar-refractivity contribution in [3.05, 3.63) is 171 Å². The number of esters is 1. The van der Waals surface area contributed by atoms with Crippen molar-refractivity contribution in [2.75, 3.05) is 51.3 Å². The van der Waals surface area contributed by atoms with Crippen LogP contribution in [0.5, 0.6) is 11.5 Å². The highest BCUT2D eigenvalue weighted by Crippen LogP contribution is 2.32. The fourth-order valence-corrected chi connectivity index (χ4v) is 8.39. The molecule has 3 aliphatic heterocycles. The average Bonchev–Trinajstić information content (AvgIpc) is 3.31. The second kappa shape index (κ2) is 20.0. The Labute approximate surface area is 366 Å². The lowest BCUT2D eigenvalue weighted by Gasteiger charge is -2.43. The van der Waals surface area contributed by atoms with Gasteiger partial charge in [-0.2, -0.15) is 0 Å². The van der Waals surface area contributed by atoms with Crippen LogP contribution in [-0.4, -0.2) is 84.6 Å². The van der Waals surface area contributed by atoms with E-state index in [1.807, 2.05) is 103 Å². The van der Waals surface area contributed by atoms with Crippen LogP contribution in [0.1, 0.15) is 63.2 Å². The molecule has 13 nitrogen and oxygen atoms in total. The number of hydrogen-bond acceptors (Lipinski definition) is 11. The predicted molar refractivity (Wildman–Crippen MR) is 241 cm³/mol. The van der Waals surface area contributed by atoms with E-state index in [9.17, 15) is 24.6 Å². The van der Waals surface area contributed by atoms with E-state index in [-0.39, 0.29) is 37.2 Å². The number of rotatable bonds is 17. The first-order valence-electron chi connectivity index (χ1n) is 21.4. The standard InChI is InChI=1S/C50H53N5O8/c1-54(39-16-12-33(13-17-39)29-51-30-44(57)41-18-20-43(56)48-42(41)19-21-46(58)52-48)26-27-61-49(59)37-14-10-34(11-15-37)32-62-40-9-5-8-38(28-40)47(36-6-3-2-4-7-36)53-50(60)63-45-31-55-24-22-35(45)23-25-55/h2-21,28,35,44-45,47,51,56-57H,22-27,29-32H2,1H3,(H,52,58)(H,53,60)/t44-,45-,47?/m0/s1. The lowest BCUT2D eigenvalue weighted by Crippen LogP contribution is -2.52.